The Morgan fingerprint density at radius 1 is 1.21 bits per heavy atom. The second-order valence-corrected chi connectivity index (χ2v) is 13.3. The molecular weight excluding hydrogens is 577 g/mol. The molecule has 2 unspecified atom stereocenters. The molecule has 206 valence electrons. The van der Waals surface area contributed by atoms with Crippen LogP contribution in [0.5, 0.6) is 0 Å². The smallest absolute Gasteiger partial charge is 0.368 e. The van der Waals surface area contributed by atoms with Crippen LogP contribution >= 0.6 is 22.9 Å². The van der Waals surface area contributed by atoms with Gasteiger partial charge in [-0.15, -0.1) is 11.3 Å². The summed E-state index contributed by atoms with van der Waals surface area (Å²) in [5.74, 6) is -1.06. The van der Waals surface area contributed by atoms with Crippen molar-refractivity contribution in [3.8, 4) is 10.6 Å². The van der Waals surface area contributed by atoms with Gasteiger partial charge in [0, 0.05) is 50.6 Å². The van der Waals surface area contributed by atoms with Crippen molar-refractivity contribution < 1.29 is 26.4 Å². The minimum atomic E-state index is -4.82. The van der Waals surface area contributed by atoms with E-state index in [1.165, 1.54) is 11.9 Å². The molecule has 2 aromatic heterocycles. The monoisotopic (exact) mass is 598 g/mol. The lowest BCUT2D eigenvalue weighted by molar-refractivity contribution is -0.137. The topological polar surface area (TPSA) is 108 Å². The largest absolute Gasteiger partial charge is 0.420 e. The number of aromatic nitrogens is 2. The summed E-state index contributed by atoms with van der Waals surface area (Å²) in [4.78, 5) is 23.6. The maximum Gasteiger partial charge on any atom is 0.420 e. The van der Waals surface area contributed by atoms with Crippen LogP contribution in [0, 0.1) is 0 Å². The van der Waals surface area contributed by atoms with Crippen molar-refractivity contribution in [3.05, 3.63) is 45.9 Å². The zero-order valence-electron chi connectivity index (χ0n) is 20.4. The lowest BCUT2D eigenvalue weighted by atomic mass is 9.91. The van der Waals surface area contributed by atoms with Crippen LogP contribution in [0.2, 0.25) is 5.02 Å². The highest BCUT2D eigenvalue weighted by Gasteiger charge is 2.39. The van der Waals surface area contributed by atoms with Crippen molar-refractivity contribution in [1.29, 1.82) is 0 Å². The van der Waals surface area contributed by atoms with Crippen LogP contribution in [0.15, 0.2) is 35.4 Å². The third-order valence-corrected chi connectivity index (χ3v) is 10.4. The van der Waals surface area contributed by atoms with Crippen LogP contribution in [0.1, 0.15) is 21.7 Å². The number of thiophene rings is 1. The van der Waals surface area contributed by atoms with E-state index in [-0.39, 0.29) is 32.9 Å². The number of alkyl halides is 3. The van der Waals surface area contributed by atoms with Gasteiger partial charge in [-0.3, -0.25) is 4.79 Å². The van der Waals surface area contributed by atoms with Crippen LogP contribution in [0.4, 0.5) is 30.5 Å². The average molecular weight is 599 g/mol. The number of sulfone groups is 1. The molecule has 2 atom stereocenters. The summed E-state index contributed by atoms with van der Waals surface area (Å²) in [5, 5.41) is 6.67. The molecule has 15 heteroatoms. The Bertz CT molecular complexity index is 1580. The van der Waals surface area contributed by atoms with Gasteiger partial charge in [0.15, 0.2) is 9.84 Å². The van der Waals surface area contributed by atoms with Gasteiger partial charge >= 0.3 is 6.18 Å². The molecule has 0 saturated carbocycles. The first kappa shape index (κ1) is 26.3. The number of hydrogen-bond acceptors (Lipinski definition) is 9. The summed E-state index contributed by atoms with van der Waals surface area (Å²) in [7, 11) is -2.43. The molecule has 4 aliphatic rings. The predicted molar refractivity (Wildman–Crippen MR) is 142 cm³/mol. The van der Waals surface area contributed by atoms with Crippen LogP contribution in [0.3, 0.4) is 0 Å². The molecule has 3 fully saturated rings. The van der Waals surface area contributed by atoms with Crippen molar-refractivity contribution in [2.45, 2.75) is 29.6 Å². The molecule has 1 aromatic carbocycles. The van der Waals surface area contributed by atoms with E-state index in [1.54, 1.807) is 12.1 Å². The van der Waals surface area contributed by atoms with E-state index in [4.69, 9.17) is 11.6 Å². The molecular formula is C24H22ClF3N6O3S2. The van der Waals surface area contributed by atoms with Crippen LogP contribution in [-0.2, 0) is 16.0 Å². The van der Waals surface area contributed by atoms with E-state index >= 15 is 0 Å². The third kappa shape index (κ3) is 4.83. The van der Waals surface area contributed by atoms with E-state index in [2.05, 4.69) is 25.5 Å². The second-order valence-electron chi connectivity index (χ2n) is 9.79. The number of carbonyl (C=O) groups excluding carboxylic acids is 1. The van der Waals surface area contributed by atoms with Gasteiger partial charge in [-0.25, -0.2) is 18.4 Å². The van der Waals surface area contributed by atoms with Crippen molar-refractivity contribution in [2.75, 3.05) is 42.7 Å². The van der Waals surface area contributed by atoms with Gasteiger partial charge in [-0.05, 0) is 30.7 Å². The summed E-state index contributed by atoms with van der Waals surface area (Å²) in [6, 6.07) is 7.36. The van der Waals surface area contributed by atoms with Gasteiger partial charge in [0.05, 0.1) is 31.9 Å². The van der Waals surface area contributed by atoms with Gasteiger partial charge in [-0.2, -0.15) is 13.2 Å². The van der Waals surface area contributed by atoms with Crippen molar-refractivity contribution in [2.24, 2.45) is 0 Å². The molecule has 7 rings (SSSR count). The lowest BCUT2D eigenvalue weighted by Gasteiger charge is -2.49. The molecule has 3 aromatic rings. The summed E-state index contributed by atoms with van der Waals surface area (Å²) in [5.41, 5.74) is -0.350. The van der Waals surface area contributed by atoms with Gasteiger partial charge in [0.2, 0.25) is 5.95 Å². The van der Waals surface area contributed by atoms with Crippen LogP contribution < -0.4 is 15.5 Å². The number of piperazine rings is 1. The molecule has 9 nitrogen and oxygen atoms in total. The zero-order valence-corrected chi connectivity index (χ0v) is 22.8. The first-order chi connectivity index (χ1) is 18.4. The van der Waals surface area contributed by atoms with Crippen molar-refractivity contribution >= 4 is 56.0 Å². The Hall–Kier alpha value is -2.94. The highest BCUT2D eigenvalue weighted by molar-refractivity contribution is 7.91. The Kier molecular flexibility index (Phi) is 6.28. The quantitative estimate of drug-likeness (QED) is 0.464. The minimum Gasteiger partial charge on any atom is -0.368 e. The fraction of sp³-hybridized carbons (Fsp3) is 0.375. The molecule has 3 saturated heterocycles. The second kappa shape index (κ2) is 9.32. The number of halogens is 4. The number of rotatable bonds is 4. The Morgan fingerprint density at radius 3 is 2.59 bits per heavy atom. The first-order valence-corrected chi connectivity index (χ1v) is 14.9. The van der Waals surface area contributed by atoms with Crippen LogP contribution in [-0.4, -0.2) is 73.7 Å². The molecule has 0 radical (unpaired) electrons. The van der Waals surface area contributed by atoms with Crippen molar-refractivity contribution in [3.63, 3.8) is 0 Å². The standard InChI is InChI=1S/C24H22ClF3N6O3S2/c1-33-4-5-39(36,37)19-8-18(38-21(19)22(33)35)20-15(24(26,27)28)9-29-23(32-20)31-17-3-2-14(7-16(17)25)34-10-12-6-13(11-34)30-12/h2-3,7-9,12-13,30H,4-6,10-11H2,1H3,(H,29,31,32). The lowest BCUT2D eigenvalue weighted by Crippen LogP contribution is -2.67. The minimum absolute atomic E-state index is 0.0113. The summed E-state index contributed by atoms with van der Waals surface area (Å²) in [6.07, 6.45) is -3.03. The summed E-state index contributed by atoms with van der Waals surface area (Å²) >= 11 is 7.17. The maximum atomic E-state index is 13.9. The Balaban J connectivity index is 1.35. The molecule has 0 aliphatic carbocycles. The Labute approximate surface area is 230 Å². The van der Waals surface area contributed by atoms with Crippen molar-refractivity contribution in [1.82, 2.24) is 20.2 Å². The molecule has 39 heavy (non-hydrogen) atoms. The predicted octanol–water partition coefficient (Wildman–Crippen LogP) is 4.03. The molecule has 2 N–H and O–H groups in total. The SMILES string of the molecule is CN1CCS(=O)(=O)c2cc(-c3nc(Nc4ccc(N5CC6CC(C5)N6)cc4Cl)ncc3C(F)(F)F)sc2C1=O. The van der Waals surface area contributed by atoms with Gasteiger partial charge in [0.25, 0.3) is 5.91 Å². The molecule has 4 aliphatic heterocycles. The number of benzene rings is 1. The summed E-state index contributed by atoms with van der Waals surface area (Å²) in [6.45, 7) is 1.72. The fourth-order valence-electron chi connectivity index (χ4n) is 5.00. The molecule has 0 spiro atoms. The van der Waals surface area contributed by atoms with E-state index in [0.29, 0.717) is 40.3 Å². The van der Waals surface area contributed by atoms with Gasteiger partial charge < -0.3 is 20.4 Å². The summed E-state index contributed by atoms with van der Waals surface area (Å²) < 4.78 is 67.3. The van der Waals surface area contributed by atoms with Gasteiger partial charge in [-0.1, -0.05) is 11.6 Å². The van der Waals surface area contributed by atoms with Crippen LogP contribution in [0.25, 0.3) is 10.6 Å². The number of fused-ring (bicyclic) bond motifs is 3. The Morgan fingerprint density at radius 2 is 1.92 bits per heavy atom. The normalized spacial score (nSPS) is 22.2. The highest BCUT2D eigenvalue weighted by atomic mass is 35.5. The number of hydrogen-bond donors (Lipinski definition) is 2. The number of carbonyl (C=O) groups is 1. The van der Waals surface area contributed by atoms with Gasteiger partial charge in [0.1, 0.15) is 10.4 Å². The molecule has 1 amide bonds. The van der Waals surface area contributed by atoms with E-state index in [0.717, 1.165) is 31.3 Å². The molecule has 6 heterocycles. The van der Waals surface area contributed by atoms with E-state index in [9.17, 15) is 26.4 Å². The highest BCUT2D eigenvalue weighted by Crippen LogP contribution is 2.42. The molecule has 2 bridgehead atoms. The zero-order chi connectivity index (χ0) is 27.7. The number of nitrogens with one attached hydrogen (secondary N) is 2. The van der Waals surface area contributed by atoms with E-state index < -0.39 is 33.2 Å². The number of anilines is 3. The first-order valence-electron chi connectivity index (χ1n) is 12.0. The number of amides is 1. The third-order valence-electron chi connectivity index (χ3n) is 7.08. The fourth-order valence-corrected chi connectivity index (χ4v) is 8.25. The number of piperidine rings is 1. The number of nitrogens with zero attached hydrogens (tertiary/aromatic N) is 4. The van der Waals surface area contributed by atoms with E-state index in [1.807, 2.05) is 6.07 Å². The average Bonchev–Trinajstić information content (AvgIpc) is 3.31. The maximum absolute atomic E-state index is 13.9.